The van der Waals surface area contributed by atoms with E-state index in [9.17, 15) is 19.3 Å². The third-order valence-electron chi connectivity index (χ3n) is 4.47. The molecular weight excluding hydrogens is 417 g/mol. The Kier molecular flexibility index (Phi) is 5.84. The first-order valence-electron chi connectivity index (χ1n) is 9.45. The number of benzene rings is 3. The number of aliphatic imine (C=N–C) groups is 2. The van der Waals surface area contributed by atoms with E-state index in [1.165, 1.54) is 36.4 Å². The van der Waals surface area contributed by atoms with Crippen LogP contribution < -0.4 is 10.8 Å². The Morgan fingerprint density at radius 1 is 1.06 bits per heavy atom. The van der Waals surface area contributed by atoms with Gasteiger partial charge in [-0.1, -0.05) is 36.4 Å². The average Bonchev–Trinajstić information content (AvgIpc) is 2.97. The van der Waals surface area contributed by atoms with E-state index >= 15 is 0 Å². The molecule has 0 bridgehead atoms. The second kappa shape index (κ2) is 9.04. The maximum Gasteiger partial charge on any atom is 0.435 e. The molecule has 1 aliphatic rings. The second-order valence-corrected chi connectivity index (χ2v) is 6.67. The van der Waals surface area contributed by atoms with E-state index in [-0.39, 0.29) is 23.8 Å². The molecule has 0 aromatic heterocycles. The molecule has 0 atom stereocenters. The third kappa shape index (κ3) is 4.75. The highest BCUT2D eigenvalue weighted by Gasteiger charge is 2.20. The number of amidine groups is 1. The number of non-ortho nitro benzene ring substituents is 1. The number of nitro groups is 1. The number of amides is 1. The quantitative estimate of drug-likeness (QED) is 0.470. The number of fused-ring (bicyclic) bond motifs is 1. The van der Waals surface area contributed by atoms with Crippen LogP contribution in [0.5, 0.6) is 0 Å². The number of halogens is 1. The summed E-state index contributed by atoms with van der Waals surface area (Å²) in [6.07, 6.45) is -0.876. The van der Waals surface area contributed by atoms with Gasteiger partial charge in [0.2, 0.25) is 0 Å². The lowest BCUT2D eigenvalue weighted by Gasteiger charge is -2.09. The van der Waals surface area contributed by atoms with Crippen molar-refractivity contribution in [3.05, 3.63) is 99.9 Å². The zero-order valence-electron chi connectivity index (χ0n) is 16.5. The predicted molar refractivity (Wildman–Crippen MR) is 117 cm³/mol. The van der Waals surface area contributed by atoms with Gasteiger partial charge < -0.3 is 4.84 Å². The van der Waals surface area contributed by atoms with Gasteiger partial charge in [0.05, 0.1) is 16.3 Å². The SMILES string of the molecule is O=C(Nc1cccc(F)c1)ONC1=Nc2ccc([N+](=O)[O-])cc2C(c2ccccc2)=NC1. The first kappa shape index (κ1) is 20.7. The molecule has 4 rings (SSSR count). The second-order valence-electron chi connectivity index (χ2n) is 6.67. The highest BCUT2D eigenvalue weighted by molar-refractivity contribution is 6.17. The predicted octanol–water partition coefficient (Wildman–Crippen LogP) is 4.37. The minimum absolute atomic E-state index is 0.0277. The van der Waals surface area contributed by atoms with Crippen LogP contribution in [0, 0.1) is 15.9 Å². The van der Waals surface area contributed by atoms with Crippen molar-refractivity contribution in [2.45, 2.75) is 0 Å². The van der Waals surface area contributed by atoms with E-state index in [0.717, 1.165) is 11.6 Å². The summed E-state index contributed by atoms with van der Waals surface area (Å²) in [6, 6.07) is 18.8. The van der Waals surface area contributed by atoms with Crippen LogP contribution >= 0.6 is 0 Å². The summed E-state index contributed by atoms with van der Waals surface area (Å²) in [4.78, 5) is 36.7. The molecule has 1 aliphatic heterocycles. The number of anilines is 1. The summed E-state index contributed by atoms with van der Waals surface area (Å²) < 4.78 is 13.3. The molecule has 3 aromatic carbocycles. The van der Waals surface area contributed by atoms with E-state index in [0.29, 0.717) is 17.0 Å². The van der Waals surface area contributed by atoms with Crippen LogP contribution in [0.2, 0.25) is 0 Å². The normalized spacial score (nSPS) is 12.5. The van der Waals surface area contributed by atoms with Crippen molar-refractivity contribution in [1.29, 1.82) is 0 Å². The van der Waals surface area contributed by atoms with Crippen LogP contribution in [0.1, 0.15) is 11.1 Å². The molecule has 1 heterocycles. The molecule has 1 amide bonds. The Bertz CT molecular complexity index is 1240. The van der Waals surface area contributed by atoms with Gasteiger partial charge in [-0.2, -0.15) is 0 Å². The van der Waals surface area contributed by atoms with Gasteiger partial charge in [-0.05, 0) is 24.3 Å². The summed E-state index contributed by atoms with van der Waals surface area (Å²) in [5.41, 5.74) is 4.76. The lowest BCUT2D eigenvalue weighted by Crippen LogP contribution is -2.31. The van der Waals surface area contributed by atoms with E-state index in [2.05, 4.69) is 20.8 Å². The first-order valence-corrected chi connectivity index (χ1v) is 9.45. The van der Waals surface area contributed by atoms with Crippen molar-refractivity contribution in [2.24, 2.45) is 9.98 Å². The molecular formula is C22H16FN5O4. The highest BCUT2D eigenvalue weighted by Crippen LogP contribution is 2.29. The fourth-order valence-electron chi connectivity index (χ4n) is 3.06. The van der Waals surface area contributed by atoms with Gasteiger partial charge in [0.25, 0.3) is 5.69 Å². The molecule has 2 N–H and O–H groups in total. The number of nitrogens with one attached hydrogen (secondary N) is 2. The Labute approximate surface area is 181 Å². The summed E-state index contributed by atoms with van der Waals surface area (Å²) >= 11 is 0. The van der Waals surface area contributed by atoms with Crippen LogP contribution in [0.25, 0.3) is 0 Å². The number of carbonyl (C=O) groups excluding carboxylic acids is 1. The van der Waals surface area contributed by atoms with Gasteiger partial charge in [0, 0.05) is 28.9 Å². The summed E-state index contributed by atoms with van der Waals surface area (Å²) in [5, 5.41) is 13.6. The molecule has 0 saturated heterocycles. The molecule has 0 radical (unpaired) electrons. The van der Waals surface area contributed by atoms with Gasteiger partial charge in [-0.25, -0.2) is 19.7 Å². The van der Waals surface area contributed by atoms with Crippen LogP contribution in [0.4, 0.5) is 26.2 Å². The van der Waals surface area contributed by atoms with E-state index < -0.39 is 16.8 Å². The minimum Gasteiger partial charge on any atom is -0.323 e. The number of hydrogen-bond donors (Lipinski definition) is 2. The average molecular weight is 433 g/mol. The van der Waals surface area contributed by atoms with Crippen molar-refractivity contribution in [3.8, 4) is 0 Å². The molecule has 0 saturated carbocycles. The molecule has 32 heavy (non-hydrogen) atoms. The smallest absolute Gasteiger partial charge is 0.323 e. The number of hydroxylamine groups is 1. The Balaban J connectivity index is 1.57. The molecule has 0 aliphatic carbocycles. The Hall–Kier alpha value is -4.60. The molecule has 0 fully saturated rings. The van der Waals surface area contributed by atoms with Crippen molar-refractivity contribution < 1.29 is 18.9 Å². The van der Waals surface area contributed by atoms with E-state index in [1.54, 1.807) is 0 Å². The third-order valence-corrected chi connectivity index (χ3v) is 4.47. The molecule has 0 spiro atoms. The van der Waals surface area contributed by atoms with Crippen molar-refractivity contribution >= 4 is 34.7 Å². The molecule has 10 heteroatoms. The fraction of sp³-hybridized carbons (Fsp3) is 0.0455. The van der Waals surface area contributed by atoms with Gasteiger partial charge in [0.15, 0.2) is 5.84 Å². The van der Waals surface area contributed by atoms with E-state index in [1.807, 2.05) is 30.3 Å². The Morgan fingerprint density at radius 3 is 2.62 bits per heavy atom. The van der Waals surface area contributed by atoms with Crippen molar-refractivity contribution in [1.82, 2.24) is 5.48 Å². The number of nitro benzene ring substituents is 1. The lowest BCUT2D eigenvalue weighted by molar-refractivity contribution is -0.384. The van der Waals surface area contributed by atoms with Crippen molar-refractivity contribution in [3.63, 3.8) is 0 Å². The largest absolute Gasteiger partial charge is 0.435 e. The number of hydrogen-bond acceptors (Lipinski definition) is 7. The molecule has 3 aromatic rings. The standard InChI is InChI=1S/C22H16FN5O4/c23-15-7-4-8-16(11-15)25-22(29)32-27-20-13-24-21(14-5-2-1-3-6-14)18-12-17(28(30)31)9-10-19(18)26-20/h1-12H,13H2,(H,25,29)(H,26,27). The van der Waals surface area contributed by atoms with E-state index in [4.69, 9.17) is 4.84 Å². The Morgan fingerprint density at radius 2 is 1.88 bits per heavy atom. The monoisotopic (exact) mass is 433 g/mol. The van der Waals surface area contributed by atoms with Crippen LogP contribution in [-0.4, -0.2) is 29.1 Å². The summed E-state index contributed by atoms with van der Waals surface area (Å²) in [6.45, 7) is 0.0277. The fourth-order valence-corrected chi connectivity index (χ4v) is 3.06. The van der Waals surface area contributed by atoms with Crippen molar-refractivity contribution in [2.75, 3.05) is 11.9 Å². The molecule has 160 valence electrons. The topological polar surface area (TPSA) is 118 Å². The zero-order chi connectivity index (χ0) is 22.5. The minimum atomic E-state index is -0.876. The van der Waals surface area contributed by atoms with Crippen LogP contribution in [0.15, 0.2) is 82.8 Å². The molecule has 0 unspecified atom stereocenters. The maximum absolute atomic E-state index is 13.3. The number of rotatable bonds is 3. The molecule has 9 nitrogen and oxygen atoms in total. The summed E-state index contributed by atoms with van der Waals surface area (Å²) in [7, 11) is 0. The maximum atomic E-state index is 13.3. The lowest BCUT2D eigenvalue weighted by atomic mass is 10.00. The summed E-state index contributed by atoms with van der Waals surface area (Å²) in [5.74, 6) is -0.294. The van der Waals surface area contributed by atoms with Crippen LogP contribution in [0.3, 0.4) is 0 Å². The zero-order valence-corrected chi connectivity index (χ0v) is 16.5. The van der Waals surface area contributed by atoms with Gasteiger partial charge in [-0.15, -0.1) is 0 Å². The highest BCUT2D eigenvalue weighted by atomic mass is 19.1. The number of carbonyl (C=O) groups is 1. The first-order chi connectivity index (χ1) is 15.5. The number of nitrogens with zero attached hydrogens (tertiary/aromatic N) is 3. The van der Waals surface area contributed by atoms with Gasteiger partial charge >= 0.3 is 6.09 Å². The van der Waals surface area contributed by atoms with Gasteiger partial charge in [-0.3, -0.25) is 20.4 Å². The van der Waals surface area contributed by atoms with Crippen LogP contribution in [-0.2, 0) is 4.84 Å². The van der Waals surface area contributed by atoms with Gasteiger partial charge in [0.1, 0.15) is 12.4 Å².